The van der Waals surface area contributed by atoms with Crippen LogP contribution in [0, 0.1) is 5.82 Å². The van der Waals surface area contributed by atoms with Gasteiger partial charge in [-0.25, -0.2) is 4.39 Å². The van der Waals surface area contributed by atoms with Gasteiger partial charge < -0.3 is 9.69 Å². The molecule has 2 aliphatic rings. The molecule has 4 nitrogen and oxygen atoms in total. The minimum absolute atomic E-state index is 0.00725. The van der Waals surface area contributed by atoms with E-state index < -0.39 is 0 Å². The molecule has 2 heterocycles. The Hall–Kier alpha value is -2.53. The maximum Gasteiger partial charge on any atom is 0.237 e. The van der Waals surface area contributed by atoms with Gasteiger partial charge in [0, 0.05) is 19.0 Å². The molecule has 0 bridgehead atoms. The fourth-order valence-corrected chi connectivity index (χ4v) is 4.33. The van der Waals surface area contributed by atoms with Crippen LogP contribution in [0.15, 0.2) is 48.5 Å². The maximum atomic E-state index is 13.4. The van der Waals surface area contributed by atoms with Gasteiger partial charge in [0.2, 0.25) is 5.91 Å². The number of aldehydes is 1. The highest BCUT2D eigenvalue weighted by molar-refractivity contribution is 5.79. The molecular weight excluding hydrogens is 343 g/mol. The van der Waals surface area contributed by atoms with E-state index in [1.165, 1.54) is 12.1 Å². The van der Waals surface area contributed by atoms with Crippen molar-refractivity contribution in [2.24, 2.45) is 0 Å². The minimum atomic E-state index is -0.285. The molecule has 2 atom stereocenters. The molecule has 140 valence electrons. The molecule has 2 aromatic rings. The SMILES string of the molecule is O=CC1C(c2ccccc2)CCCN1CC(=O)N1Cc2ccc(F)cc2C1. The number of hydrogen-bond donors (Lipinski definition) is 0. The van der Waals surface area contributed by atoms with Crippen molar-refractivity contribution in [2.75, 3.05) is 13.1 Å². The van der Waals surface area contributed by atoms with Gasteiger partial charge in [-0.15, -0.1) is 0 Å². The van der Waals surface area contributed by atoms with Crippen molar-refractivity contribution in [1.29, 1.82) is 0 Å². The lowest BCUT2D eigenvalue weighted by atomic mass is 9.84. The second kappa shape index (κ2) is 7.61. The molecule has 0 spiro atoms. The average molecular weight is 366 g/mol. The van der Waals surface area contributed by atoms with Crippen LogP contribution in [0.2, 0.25) is 0 Å². The Morgan fingerprint density at radius 3 is 2.67 bits per heavy atom. The van der Waals surface area contributed by atoms with E-state index in [9.17, 15) is 14.0 Å². The number of rotatable bonds is 4. The van der Waals surface area contributed by atoms with Crippen LogP contribution in [-0.4, -0.2) is 41.1 Å². The van der Waals surface area contributed by atoms with Gasteiger partial charge >= 0.3 is 0 Å². The number of fused-ring (bicyclic) bond motifs is 1. The van der Waals surface area contributed by atoms with Crippen molar-refractivity contribution >= 4 is 12.2 Å². The van der Waals surface area contributed by atoms with Gasteiger partial charge in [0.15, 0.2) is 0 Å². The highest BCUT2D eigenvalue weighted by atomic mass is 19.1. The summed E-state index contributed by atoms with van der Waals surface area (Å²) in [6.07, 6.45) is 2.90. The van der Waals surface area contributed by atoms with Gasteiger partial charge in [0.25, 0.3) is 0 Å². The largest absolute Gasteiger partial charge is 0.333 e. The molecule has 2 aromatic carbocycles. The topological polar surface area (TPSA) is 40.6 Å². The van der Waals surface area contributed by atoms with Gasteiger partial charge in [0.05, 0.1) is 12.6 Å². The molecule has 0 N–H and O–H groups in total. The minimum Gasteiger partial charge on any atom is -0.333 e. The zero-order chi connectivity index (χ0) is 18.8. The van der Waals surface area contributed by atoms with E-state index in [4.69, 9.17) is 0 Å². The van der Waals surface area contributed by atoms with Crippen molar-refractivity contribution in [3.05, 3.63) is 71.0 Å². The molecule has 0 saturated carbocycles. The van der Waals surface area contributed by atoms with Crippen molar-refractivity contribution in [2.45, 2.75) is 37.9 Å². The molecule has 0 aliphatic carbocycles. The van der Waals surface area contributed by atoms with E-state index >= 15 is 0 Å². The molecule has 27 heavy (non-hydrogen) atoms. The third-order valence-electron chi connectivity index (χ3n) is 5.74. The summed E-state index contributed by atoms with van der Waals surface area (Å²) in [6.45, 7) is 1.92. The van der Waals surface area contributed by atoms with Gasteiger partial charge in [0.1, 0.15) is 12.1 Å². The number of nitrogens with zero attached hydrogens (tertiary/aromatic N) is 2. The molecule has 2 aliphatic heterocycles. The number of likely N-dealkylation sites (tertiary alicyclic amines) is 1. The highest BCUT2D eigenvalue weighted by Gasteiger charge is 2.34. The number of carbonyl (C=O) groups is 2. The summed E-state index contributed by atoms with van der Waals surface area (Å²) in [5.74, 6) is -0.159. The summed E-state index contributed by atoms with van der Waals surface area (Å²) in [4.78, 5) is 28.5. The molecule has 1 amide bonds. The van der Waals surface area contributed by atoms with Crippen LogP contribution in [0.25, 0.3) is 0 Å². The summed E-state index contributed by atoms with van der Waals surface area (Å²) in [6, 6.07) is 14.5. The van der Waals surface area contributed by atoms with Crippen molar-refractivity contribution < 1.29 is 14.0 Å². The lowest BCUT2D eigenvalue weighted by Crippen LogP contribution is -2.49. The Bertz CT molecular complexity index is 839. The molecule has 0 aromatic heterocycles. The first-order valence-corrected chi connectivity index (χ1v) is 9.45. The first kappa shape index (κ1) is 17.9. The predicted octanol–water partition coefficient (Wildman–Crippen LogP) is 3.12. The van der Waals surface area contributed by atoms with Gasteiger partial charge in [-0.3, -0.25) is 9.69 Å². The van der Waals surface area contributed by atoms with Crippen LogP contribution in [0.5, 0.6) is 0 Å². The third kappa shape index (κ3) is 3.65. The monoisotopic (exact) mass is 366 g/mol. The summed E-state index contributed by atoms with van der Waals surface area (Å²) < 4.78 is 13.4. The molecule has 4 rings (SSSR count). The molecule has 2 unspecified atom stereocenters. The highest BCUT2D eigenvalue weighted by Crippen LogP contribution is 2.32. The number of amides is 1. The number of hydrogen-bond acceptors (Lipinski definition) is 3. The first-order valence-electron chi connectivity index (χ1n) is 9.45. The van der Waals surface area contributed by atoms with E-state index in [1.807, 2.05) is 23.1 Å². The van der Waals surface area contributed by atoms with Gasteiger partial charge in [-0.05, 0) is 48.2 Å². The molecule has 0 radical (unpaired) electrons. The number of carbonyl (C=O) groups excluding carboxylic acids is 2. The van der Waals surface area contributed by atoms with E-state index in [-0.39, 0.29) is 30.2 Å². The van der Waals surface area contributed by atoms with Gasteiger partial charge in [-0.1, -0.05) is 36.4 Å². The van der Waals surface area contributed by atoms with Crippen LogP contribution < -0.4 is 0 Å². The second-order valence-corrected chi connectivity index (χ2v) is 7.42. The Labute approximate surface area is 158 Å². The average Bonchev–Trinajstić information content (AvgIpc) is 3.12. The normalized spacial score (nSPS) is 22.5. The van der Waals surface area contributed by atoms with Crippen molar-refractivity contribution in [3.63, 3.8) is 0 Å². The maximum absolute atomic E-state index is 13.4. The molecule has 1 fully saturated rings. The third-order valence-corrected chi connectivity index (χ3v) is 5.74. The summed E-state index contributed by atoms with van der Waals surface area (Å²) in [5.41, 5.74) is 3.02. The van der Waals surface area contributed by atoms with Crippen LogP contribution in [-0.2, 0) is 22.7 Å². The van der Waals surface area contributed by atoms with Crippen LogP contribution in [0.1, 0.15) is 35.4 Å². The second-order valence-electron chi connectivity index (χ2n) is 7.42. The van der Waals surface area contributed by atoms with Gasteiger partial charge in [-0.2, -0.15) is 0 Å². The Balaban J connectivity index is 1.45. The number of benzene rings is 2. The molecule has 1 saturated heterocycles. The lowest BCUT2D eigenvalue weighted by molar-refractivity contribution is -0.134. The van der Waals surface area contributed by atoms with Crippen LogP contribution >= 0.6 is 0 Å². The lowest BCUT2D eigenvalue weighted by Gasteiger charge is -2.38. The Morgan fingerprint density at radius 1 is 1.11 bits per heavy atom. The van der Waals surface area contributed by atoms with E-state index in [1.54, 1.807) is 11.0 Å². The van der Waals surface area contributed by atoms with Crippen LogP contribution in [0.4, 0.5) is 4.39 Å². The fourth-order valence-electron chi connectivity index (χ4n) is 4.33. The zero-order valence-electron chi connectivity index (χ0n) is 15.2. The quantitative estimate of drug-likeness (QED) is 0.781. The number of halogens is 1. The van der Waals surface area contributed by atoms with Crippen molar-refractivity contribution in [1.82, 2.24) is 9.80 Å². The molecule has 5 heteroatoms. The van der Waals surface area contributed by atoms with E-state index in [2.05, 4.69) is 12.1 Å². The van der Waals surface area contributed by atoms with E-state index in [0.717, 1.165) is 42.4 Å². The zero-order valence-corrected chi connectivity index (χ0v) is 15.2. The Morgan fingerprint density at radius 2 is 1.89 bits per heavy atom. The Kier molecular flexibility index (Phi) is 5.03. The summed E-state index contributed by atoms with van der Waals surface area (Å²) in [5, 5.41) is 0. The first-order chi connectivity index (χ1) is 13.2. The summed E-state index contributed by atoms with van der Waals surface area (Å²) >= 11 is 0. The standard InChI is InChI=1S/C22H23FN2O2/c23-19-9-8-17-12-25(13-18(17)11-19)22(27)14-24-10-4-7-20(21(24)15-26)16-5-2-1-3-6-16/h1-3,5-6,8-9,11,15,20-21H,4,7,10,12-14H2. The summed E-state index contributed by atoms with van der Waals surface area (Å²) in [7, 11) is 0. The van der Waals surface area contributed by atoms with E-state index in [0.29, 0.717) is 13.1 Å². The molecular formula is C22H23FN2O2. The fraction of sp³-hybridized carbons (Fsp3) is 0.364. The predicted molar refractivity (Wildman–Crippen MR) is 100 cm³/mol. The van der Waals surface area contributed by atoms with Crippen LogP contribution in [0.3, 0.4) is 0 Å². The smallest absolute Gasteiger partial charge is 0.237 e. The number of piperidine rings is 1. The van der Waals surface area contributed by atoms with Crippen molar-refractivity contribution in [3.8, 4) is 0 Å².